The van der Waals surface area contributed by atoms with Gasteiger partial charge < -0.3 is 14.8 Å². The molecule has 0 radical (unpaired) electrons. The fourth-order valence-corrected chi connectivity index (χ4v) is 5.25. The summed E-state index contributed by atoms with van der Waals surface area (Å²) in [4.78, 5) is 47.5. The van der Waals surface area contributed by atoms with Crippen molar-refractivity contribution in [1.82, 2.24) is 0 Å². The minimum Gasteiger partial charge on any atom is -0.465 e. The van der Waals surface area contributed by atoms with Crippen LogP contribution in [0.2, 0.25) is 0 Å². The van der Waals surface area contributed by atoms with Crippen LogP contribution in [0.25, 0.3) is 0 Å². The number of carbonyl (C=O) groups excluding carboxylic acids is 4. The molecule has 0 saturated heterocycles. The van der Waals surface area contributed by atoms with Gasteiger partial charge in [-0.05, 0) is 81.8 Å². The zero-order chi connectivity index (χ0) is 25.4. The Morgan fingerprint density at radius 3 is 1.82 bits per heavy atom. The van der Waals surface area contributed by atoms with Crippen LogP contribution in [-0.2, 0) is 28.7 Å². The summed E-state index contributed by atoms with van der Waals surface area (Å²) in [5.74, 6) is -1.09. The average molecular weight is 559 g/mol. The largest absolute Gasteiger partial charge is 0.465 e. The van der Waals surface area contributed by atoms with E-state index < -0.39 is 28.0 Å². The maximum atomic E-state index is 12.7. The molecule has 0 bridgehead atoms. The predicted octanol–water partition coefficient (Wildman–Crippen LogP) is 5.69. The van der Waals surface area contributed by atoms with Gasteiger partial charge in [-0.15, -0.1) is 0 Å². The van der Waals surface area contributed by atoms with Gasteiger partial charge in [0.2, 0.25) is 11.1 Å². The van der Waals surface area contributed by atoms with Crippen LogP contribution in [0.1, 0.15) is 70.8 Å². The van der Waals surface area contributed by atoms with Crippen molar-refractivity contribution in [3.8, 4) is 0 Å². The van der Waals surface area contributed by atoms with Crippen LogP contribution in [0.15, 0.2) is 22.7 Å². The predicted molar refractivity (Wildman–Crippen MR) is 133 cm³/mol. The second kappa shape index (κ2) is 12.7. The van der Waals surface area contributed by atoms with Gasteiger partial charge >= 0.3 is 11.9 Å². The van der Waals surface area contributed by atoms with E-state index in [9.17, 15) is 19.2 Å². The lowest BCUT2D eigenvalue weighted by molar-refractivity contribution is -0.159. The van der Waals surface area contributed by atoms with Crippen molar-refractivity contribution < 1.29 is 28.7 Å². The van der Waals surface area contributed by atoms with E-state index in [1.807, 2.05) is 25.1 Å². The van der Waals surface area contributed by atoms with E-state index in [2.05, 4.69) is 21.2 Å². The van der Waals surface area contributed by atoms with E-state index in [1.54, 1.807) is 13.8 Å². The Morgan fingerprint density at radius 1 is 0.912 bits per heavy atom. The maximum absolute atomic E-state index is 12.7. The number of benzene rings is 1. The Morgan fingerprint density at radius 2 is 1.38 bits per heavy atom. The van der Waals surface area contributed by atoms with Crippen LogP contribution < -0.4 is 5.32 Å². The molecule has 3 rings (SSSR count). The van der Waals surface area contributed by atoms with E-state index in [0.29, 0.717) is 38.9 Å². The number of anilines is 1. The summed E-state index contributed by atoms with van der Waals surface area (Å²) in [6, 6.07) is 5.64. The van der Waals surface area contributed by atoms with Crippen molar-refractivity contribution in [2.24, 2.45) is 10.8 Å². The van der Waals surface area contributed by atoms with Crippen molar-refractivity contribution >= 4 is 56.3 Å². The molecule has 188 valence electrons. The van der Waals surface area contributed by atoms with Gasteiger partial charge in [-0.25, -0.2) is 0 Å². The first kappa shape index (κ1) is 28.3. The molecule has 0 unspecified atom stereocenters. The van der Waals surface area contributed by atoms with E-state index in [0.717, 1.165) is 41.4 Å². The fraction of sp³-hybridized carbons (Fsp3) is 0.600. The monoisotopic (exact) mass is 557 g/mol. The second-order valence-electron chi connectivity index (χ2n) is 8.71. The minimum atomic E-state index is -1.03. The van der Waals surface area contributed by atoms with Crippen molar-refractivity contribution in [2.45, 2.75) is 72.1 Å². The number of amides is 1. The molecule has 34 heavy (non-hydrogen) atoms. The number of rotatable bonds is 7. The van der Waals surface area contributed by atoms with Gasteiger partial charge in [0.15, 0.2) is 0 Å². The lowest BCUT2D eigenvalue weighted by Crippen LogP contribution is -2.42. The topological polar surface area (TPSA) is 98.8 Å². The highest BCUT2D eigenvalue weighted by Gasteiger charge is 2.49. The van der Waals surface area contributed by atoms with Gasteiger partial charge in [-0.2, -0.15) is 0 Å². The molecule has 1 aromatic carbocycles. The van der Waals surface area contributed by atoms with Crippen molar-refractivity contribution in [3.63, 3.8) is 0 Å². The van der Waals surface area contributed by atoms with Gasteiger partial charge in [-0.3, -0.25) is 19.2 Å². The highest BCUT2D eigenvalue weighted by atomic mass is 79.9. The molecule has 0 aromatic heterocycles. The summed E-state index contributed by atoms with van der Waals surface area (Å²) in [5, 5.41) is 2.33. The van der Waals surface area contributed by atoms with Crippen LogP contribution in [-0.4, -0.2) is 36.3 Å². The SMILES string of the molecule is CCOC(=O)C1(C(=O)Cl)CCCC1.CCOC(=O)C1(C(=O)Nc2ccc(Br)cc2C)CCCC1. The standard InChI is InChI=1S/C16H20BrNO3.C9H13ClO3/c1-3-21-15(20)16(8-4-5-9-16)14(19)18-13-7-6-12(17)10-11(13)2;1-2-13-8(12)9(7(10)11)5-3-4-6-9/h6-7,10H,3-5,8-9H2,1-2H3,(H,18,19);2-6H2,1H3. The average Bonchev–Trinajstić information content (AvgIpc) is 3.48. The Labute approximate surface area is 214 Å². The molecular weight excluding hydrogens is 526 g/mol. The Bertz CT molecular complexity index is 907. The molecule has 0 aliphatic heterocycles. The molecule has 2 aliphatic rings. The quantitative estimate of drug-likeness (QED) is 0.262. The van der Waals surface area contributed by atoms with Gasteiger partial charge in [0, 0.05) is 10.2 Å². The molecular formula is C25H33BrClNO6. The number of hydrogen-bond acceptors (Lipinski definition) is 6. The number of carbonyl (C=O) groups is 4. The van der Waals surface area contributed by atoms with E-state index in [4.69, 9.17) is 21.1 Å². The number of esters is 2. The van der Waals surface area contributed by atoms with Crippen LogP contribution >= 0.6 is 27.5 Å². The molecule has 0 atom stereocenters. The highest BCUT2D eigenvalue weighted by Crippen LogP contribution is 2.42. The molecule has 0 spiro atoms. The normalized spacial score (nSPS) is 17.8. The van der Waals surface area contributed by atoms with Crippen LogP contribution in [0.3, 0.4) is 0 Å². The van der Waals surface area contributed by atoms with Gasteiger partial charge in [0.1, 0.15) is 10.8 Å². The third-order valence-corrected chi connectivity index (χ3v) is 7.35. The first-order valence-corrected chi connectivity index (χ1v) is 12.9. The van der Waals surface area contributed by atoms with E-state index >= 15 is 0 Å². The van der Waals surface area contributed by atoms with Crippen LogP contribution in [0.5, 0.6) is 0 Å². The summed E-state index contributed by atoms with van der Waals surface area (Å²) < 4.78 is 10.9. The third kappa shape index (κ3) is 6.39. The van der Waals surface area contributed by atoms with Crippen molar-refractivity contribution in [3.05, 3.63) is 28.2 Å². The number of halogens is 2. The summed E-state index contributed by atoms with van der Waals surface area (Å²) >= 11 is 8.83. The lowest BCUT2D eigenvalue weighted by Gasteiger charge is -2.25. The van der Waals surface area contributed by atoms with Crippen LogP contribution in [0.4, 0.5) is 5.69 Å². The Hall–Kier alpha value is -1.93. The first-order chi connectivity index (χ1) is 16.1. The highest BCUT2D eigenvalue weighted by molar-refractivity contribution is 9.10. The number of aryl methyl sites for hydroxylation is 1. The fourth-order valence-electron chi connectivity index (χ4n) is 4.51. The molecule has 7 nitrogen and oxygen atoms in total. The van der Waals surface area contributed by atoms with Gasteiger partial charge in [0.25, 0.3) is 0 Å². The summed E-state index contributed by atoms with van der Waals surface area (Å²) in [5.41, 5.74) is -0.360. The smallest absolute Gasteiger partial charge is 0.321 e. The molecule has 1 aromatic rings. The summed E-state index contributed by atoms with van der Waals surface area (Å²) in [6.07, 6.45) is 5.70. The Kier molecular flexibility index (Phi) is 10.6. The number of ether oxygens (including phenoxy) is 2. The zero-order valence-corrected chi connectivity index (χ0v) is 22.4. The van der Waals surface area contributed by atoms with E-state index in [1.165, 1.54) is 0 Å². The summed E-state index contributed by atoms with van der Waals surface area (Å²) in [7, 11) is 0. The van der Waals surface area contributed by atoms with Gasteiger partial charge in [-0.1, -0.05) is 41.6 Å². The van der Waals surface area contributed by atoms with Gasteiger partial charge in [0.05, 0.1) is 13.2 Å². The Balaban J connectivity index is 0.000000270. The van der Waals surface area contributed by atoms with E-state index in [-0.39, 0.29) is 5.91 Å². The first-order valence-electron chi connectivity index (χ1n) is 11.7. The molecule has 9 heteroatoms. The third-order valence-electron chi connectivity index (χ3n) is 6.49. The number of hydrogen-bond donors (Lipinski definition) is 1. The van der Waals surface area contributed by atoms with Crippen molar-refractivity contribution in [1.29, 1.82) is 0 Å². The van der Waals surface area contributed by atoms with Crippen LogP contribution in [0, 0.1) is 17.8 Å². The lowest BCUT2D eigenvalue weighted by atomic mass is 9.85. The minimum absolute atomic E-state index is 0.246. The van der Waals surface area contributed by atoms with Crippen molar-refractivity contribution in [2.75, 3.05) is 18.5 Å². The molecule has 0 heterocycles. The second-order valence-corrected chi connectivity index (χ2v) is 9.97. The maximum Gasteiger partial charge on any atom is 0.321 e. The zero-order valence-electron chi connectivity index (χ0n) is 20.0. The molecule has 2 fully saturated rings. The molecule has 1 N–H and O–H groups in total. The number of nitrogens with one attached hydrogen (secondary N) is 1. The molecule has 1 amide bonds. The molecule has 2 aliphatic carbocycles. The summed E-state index contributed by atoms with van der Waals surface area (Å²) in [6.45, 7) is 6.00. The molecule has 2 saturated carbocycles.